The van der Waals surface area contributed by atoms with Gasteiger partial charge in [0.2, 0.25) is 5.78 Å². The summed E-state index contributed by atoms with van der Waals surface area (Å²) in [7, 11) is -3.97. The maximum absolute atomic E-state index is 12.4. The number of carbonyl (C=O) groups excluding carboxylic acids is 1. The summed E-state index contributed by atoms with van der Waals surface area (Å²) in [5, 5.41) is 17.5. The van der Waals surface area contributed by atoms with E-state index in [1.807, 2.05) is 0 Å². The first-order chi connectivity index (χ1) is 11.3. The summed E-state index contributed by atoms with van der Waals surface area (Å²) >= 11 is 8.26. The van der Waals surface area contributed by atoms with Gasteiger partial charge in [-0.05, 0) is 5.90 Å². The molecule has 8 nitrogen and oxygen atoms in total. The summed E-state index contributed by atoms with van der Waals surface area (Å²) in [6.45, 7) is -0.0814. The Balaban J connectivity index is 0.00000312. The second-order valence-electron chi connectivity index (χ2n) is 4.77. The zero-order chi connectivity index (χ0) is 17.7. The molecule has 0 saturated carbocycles. The fraction of sp³-hybridized carbons (Fsp3) is 0.231. The summed E-state index contributed by atoms with van der Waals surface area (Å²) in [5.41, 5.74) is 4.78. The minimum Gasteiger partial charge on any atom is -0.860 e. The van der Waals surface area contributed by atoms with Gasteiger partial charge in [-0.15, -0.1) is 12.6 Å². The van der Waals surface area contributed by atoms with Gasteiger partial charge in [0, 0.05) is 5.56 Å². The number of hydrogen-bond acceptors (Lipinski definition) is 8. The first-order valence-electron chi connectivity index (χ1n) is 6.65. The van der Waals surface area contributed by atoms with E-state index in [4.69, 9.17) is 0 Å². The summed E-state index contributed by atoms with van der Waals surface area (Å²) < 4.78 is 24.7. The molecule has 0 amide bonds. The zero-order valence-electron chi connectivity index (χ0n) is 13.2. The van der Waals surface area contributed by atoms with Crippen molar-refractivity contribution in [3.8, 4) is 0 Å². The third-order valence-electron chi connectivity index (χ3n) is 3.08. The Morgan fingerprint density at radius 3 is 2.68 bits per heavy atom. The second-order valence-corrected chi connectivity index (χ2v) is 8.11. The smallest absolute Gasteiger partial charge is 0.860 e. The van der Waals surface area contributed by atoms with Gasteiger partial charge in [-0.1, -0.05) is 42.5 Å². The summed E-state index contributed by atoms with van der Waals surface area (Å²) in [5.74, 6) is -2.32. The van der Waals surface area contributed by atoms with Gasteiger partial charge in [-0.2, -0.15) is 10.2 Å². The van der Waals surface area contributed by atoms with E-state index in [0.717, 1.165) is 0 Å². The normalized spacial score (nSPS) is 17.1. The standard InChI is InChI=1S/C13H14N4O4S3.K/c18-10(15-17-13(22)23)7-24(20,21)9-6-14-16-11(9)12(19)8-4-2-1-3-5-8;/h1-5,9,14H,6-7H2,(H,15,18)(H2,17,22,23);/q;+1/p-1. The predicted octanol–water partition coefficient (Wildman–Crippen LogP) is -3.91. The van der Waals surface area contributed by atoms with E-state index < -0.39 is 32.5 Å². The Bertz CT molecular complexity index is 812. The maximum Gasteiger partial charge on any atom is 1.00 e. The molecule has 0 saturated heterocycles. The van der Waals surface area contributed by atoms with Crippen molar-refractivity contribution in [3.63, 3.8) is 0 Å². The zero-order valence-corrected chi connectivity index (χ0v) is 18.8. The topological polar surface area (TPSA) is 123 Å². The van der Waals surface area contributed by atoms with Crippen LogP contribution < -0.4 is 67.3 Å². The number of nitrogens with zero attached hydrogens (tertiary/aromatic N) is 2. The average Bonchev–Trinajstić information content (AvgIpc) is 3.03. The number of benzene rings is 1. The minimum absolute atomic E-state index is 0. The van der Waals surface area contributed by atoms with Crippen LogP contribution in [0, 0.1) is 0 Å². The number of Topliss-reactive ketones (excluding diaryl/α,β-unsaturated/α-hetero) is 1. The second kappa shape index (κ2) is 10.1. The van der Waals surface area contributed by atoms with Crippen molar-refractivity contribution < 1.29 is 69.7 Å². The molecule has 1 aromatic carbocycles. The number of hydrazone groups is 2. The molecule has 12 heteroatoms. The molecule has 0 fully saturated rings. The first kappa shape index (κ1) is 22.7. The van der Waals surface area contributed by atoms with Gasteiger partial charge in [0.25, 0.3) is 0 Å². The Morgan fingerprint density at radius 1 is 1.44 bits per heavy atom. The molecule has 1 aliphatic rings. The van der Waals surface area contributed by atoms with Crippen LogP contribution in [0.4, 0.5) is 0 Å². The van der Waals surface area contributed by atoms with Gasteiger partial charge < -0.3 is 10.5 Å². The molecule has 2 N–H and O–H groups in total. The van der Waals surface area contributed by atoms with Crippen LogP contribution in [0.2, 0.25) is 0 Å². The molecular weight excluding hydrogens is 411 g/mol. The van der Waals surface area contributed by atoms with E-state index in [1.165, 1.54) is 0 Å². The molecule has 25 heavy (non-hydrogen) atoms. The van der Waals surface area contributed by atoms with E-state index in [0.29, 0.717) is 5.56 Å². The van der Waals surface area contributed by atoms with E-state index >= 15 is 0 Å². The summed E-state index contributed by atoms with van der Waals surface area (Å²) in [6, 6.07) is 8.18. The maximum atomic E-state index is 12.4. The summed E-state index contributed by atoms with van der Waals surface area (Å²) in [4.78, 5) is 12.4. The Kier molecular flexibility index (Phi) is 9.18. The molecule has 128 valence electrons. The van der Waals surface area contributed by atoms with Gasteiger partial charge >= 0.3 is 51.4 Å². The van der Waals surface area contributed by atoms with Gasteiger partial charge in [0.1, 0.15) is 11.0 Å². The molecule has 2 rings (SSSR count). The van der Waals surface area contributed by atoms with E-state index in [-0.39, 0.29) is 68.0 Å². The van der Waals surface area contributed by atoms with Gasteiger partial charge in [0.15, 0.2) is 14.2 Å². The molecule has 1 atom stereocenters. The molecule has 0 spiro atoms. The third-order valence-corrected chi connectivity index (χ3v) is 5.18. The van der Waals surface area contributed by atoms with Crippen LogP contribution in [0.3, 0.4) is 0 Å². The van der Waals surface area contributed by atoms with Crippen LogP contribution >= 0.6 is 24.8 Å². The number of thiol groups is 1. The largest absolute Gasteiger partial charge is 1.00 e. The van der Waals surface area contributed by atoms with Crippen LogP contribution in [0.5, 0.6) is 0 Å². The number of carbonyl (C=O) groups is 1. The van der Waals surface area contributed by atoms with E-state index in [2.05, 4.69) is 45.9 Å². The Hall–Kier alpha value is -0.344. The van der Waals surface area contributed by atoms with Crippen LogP contribution in [-0.4, -0.2) is 47.7 Å². The molecule has 0 aliphatic carbocycles. The predicted molar refractivity (Wildman–Crippen MR) is 95.9 cm³/mol. The molecule has 0 radical (unpaired) electrons. The third kappa shape index (κ3) is 6.39. The van der Waals surface area contributed by atoms with Crippen LogP contribution in [0.15, 0.2) is 40.5 Å². The molecule has 1 unspecified atom stereocenters. The number of rotatable bonds is 6. The number of sulfone groups is 1. The van der Waals surface area contributed by atoms with Crippen molar-refractivity contribution in [2.45, 2.75) is 5.25 Å². The van der Waals surface area contributed by atoms with Crippen LogP contribution in [-0.2, 0) is 9.84 Å². The molecule has 1 aromatic rings. The monoisotopic (exact) mass is 424 g/mol. The number of nitrogens with one attached hydrogen (secondary N) is 2. The number of ketones is 1. The van der Waals surface area contributed by atoms with E-state index in [1.54, 1.807) is 30.3 Å². The molecule has 0 aromatic heterocycles. The van der Waals surface area contributed by atoms with Gasteiger partial charge in [-0.3, -0.25) is 10.2 Å². The van der Waals surface area contributed by atoms with E-state index in [9.17, 15) is 18.3 Å². The van der Waals surface area contributed by atoms with Crippen molar-refractivity contribution in [3.05, 3.63) is 35.9 Å². The minimum atomic E-state index is -3.97. The Morgan fingerprint density at radius 2 is 2.08 bits per heavy atom. The quantitative estimate of drug-likeness (QED) is 0.0811. The van der Waals surface area contributed by atoms with Crippen molar-refractivity contribution in [2.75, 3.05) is 12.3 Å². The van der Waals surface area contributed by atoms with Crippen molar-refractivity contribution in [1.82, 2.24) is 10.9 Å². The SMILES string of the molecule is O=C(C1=NNCC1S(=O)(=O)CC([O-])=NNC(=S)S)c1ccccc1.[K+]. The van der Waals surface area contributed by atoms with Crippen molar-refractivity contribution >= 4 is 56.4 Å². The van der Waals surface area contributed by atoms with Crippen LogP contribution in [0.1, 0.15) is 10.4 Å². The number of hydrogen-bond donors (Lipinski definition) is 3. The fourth-order valence-corrected chi connectivity index (χ4v) is 3.56. The summed E-state index contributed by atoms with van der Waals surface area (Å²) in [6.07, 6.45) is 0. The average molecular weight is 425 g/mol. The fourth-order valence-electron chi connectivity index (χ4n) is 2.03. The van der Waals surface area contributed by atoms with Crippen LogP contribution in [0.25, 0.3) is 0 Å². The Labute approximate surface area is 198 Å². The molecular formula is C13H13KN4O4S3. The van der Waals surface area contributed by atoms with Crippen molar-refractivity contribution in [1.29, 1.82) is 0 Å². The molecule has 0 bridgehead atoms. The molecule has 1 heterocycles. The van der Waals surface area contributed by atoms with Gasteiger partial charge in [-0.25, -0.2) is 8.42 Å². The first-order valence-corrected chi connectivity index (χ1v) is 9.22. The number of thiocarbonyl (C=S) groups is 1. The molecule has 1 aliphatic heterocycles. The van der Waals surface area contributed by atoms with Crippen molar-refractivity contribution in [2.24, 2.45) is 10.2 Å². The van der Waals surface area contributed by atoms with Gasteiger partial charge in [0.05, 0.1) is 12.3 Å².